The van der Waals surface area contributed by atoms with Gasteiger partial charge in [0.2, 0.25) is 0 Å². The second kappa shape index (κ2) is 5.40. The predicted octanol–water partition coefficient (Wildman–Crippen LogP) is 3.67. The molecule has 0 spiro atoms. The van der Waals surface area contributed by atoms with Crippen LogP contribution in [0.1, 0.15) is 22.8 Å². The molecule has 0 aliphatic carbocycles. The molecule has 0 N–H and O–H groups in total. The number of nitrogens with zero attached hydrogens (tertiary/aromatic N) is 2. The first-order chi connectivity index (χ1) is 10.2. The molecule has 0 aliphatic heterocycles. The molecule has 1 aromatic heterocycles. The van der Waals surface area contributed by atoms with Crippen LogP contribution in [0.5, 0.6) is 0 Å². The lowest BCUT2D eigenvalue weighted by Gasteiger charge is -2.12. The molecule has 1 amide bonds. The van der Waals surface area contributed by atoms with Crippen LogP contribution in [0.15, 0.2) is 52.9 Å². The second-order valence-corrected chi connectivity index (χ2v) is 4.88. The number of fused-ring (bicyclic) bond motifs is 1. The molecule has 0 bridgehead atoms. The Hall–Kier alpha value is -2.62. The number of hydrogen-bond donors (Lipinski definition) is 0. The number of amides is 1. The van der Waals surface area contributed by atoms with Gasteiger partial charge in [0.05, 0.1) is 0 Å². The summed E-state index contributed by atoms with van der Waals surface area (Å²) in [7, 11) is 1.67. The molecule has 106 valence electrons. The van der Waals surface area contributed by atoms with Crippen LogP contribution >= 0.6 is 0 Å². The van der Waals surface area contributed by atoms with Crippen LogP contribution in [0.4, 0.5) is 6.01 Å². The van der Waals surface area contributed by atoms with Crippen LogP contribution in [0.3, 0.4) is 0 Å². The summed E-state index contributed by atoms with van der Waals surface area (Å²) in [6.07, 6.45) is 0.954. The maximum absolute atomic E-state index is 12.4. The molecule has 0 unspecified atom stereocenters. The molecule has 2 aromatic carbocycles. The molecule has 3 aromatic rings. The quantitative estimate of drug-likeness (QED) is 0.735. The first-order valence-electron chi connectivity index (χ1n) is 6.91. The van der Waals surface area contributed by atoms with Crippen LogP contribution in [0.2, 0.25) is 0 Å². The van der Waals surface area contributed by atoms with E-state index in [-0.39, 0.29) is 5.91 Å². The van der Waals surface area contributed by atoms with Crippen molar-refractivity contribution in [2.45, 2.75) is 13.3 Å². The fourth-order valence-corrected chi connectivity index (χ4v) is 2.17. The Morgan fingerprint density at radius 1 is 1.14 bits per heavy atom. The van der Waals surface area contributed by atoms with Crippen molar-refractivity contribution in [3.8, 4) is 0 Å². The monoisotopic (exact) mass is 280 g/mol. The van der Waals surface area contributed by atoms with E-state index in [1.807, 2.05) is 48.5 Å². The second-order valence-electron chi connectivity index (χ2n) is 4.88. The average Bonchev–Trinajstić information content (AvgIpc) is 2.97. The van der Waals surface area contributed by atoms with E-state index in [4.69, 9.17) is 4.42 Å². The minimum atomic E-state index is -0.135. The molecule has 4 heteroatoms. The van der Waals surface area contributed by atoms with Crippen LogP contribution in [0.25, 0.3) is 11.1 Å². The lowest BCUT2D eigenvalue weighted by Crippen LogP contribution is -2.26. The third-order valence-electron chi connectivity index (χ3n) is 3.48. The number of carbonyl (C=O) groups is 1. The molecule has 0 saturated heterocycles. The van der Waals surface area contributed by atoms with E-state index in [2.05, 4.69) is 11.9 Å². The number of benzene rings is 2. The van der Waals surface area contributed by atoms with Gasteiger partial charge in [0, 0.05) is 12.6 Å². The van der Waals surface area contributed by atoms with E-state index in [0.29, 0.717) is 17.2 Å². The van der Waals surface area contributed by atoms with Gasteiger partial charge in [0.1, 0.15) is 5.52 Å². The number of para-hydroxylation sites is 2. The van der Waals surface area contributed by atoms with Crippen molar-refractivity contribution in [1.82, 2.24) is 4.98 Å². The highest BCUT2D eigenvalue weighted by atomic mass is 16.4. The van der Waals surface area contributed by atoms with Crippen LogP contribution < -0.4 is 4.90 Å². The summed E-state index contributed by atoms with van der Waals surface area (Å²) in [5, 5.41) is 0. The van der Waals surface area contributed by atoms with E-state index in [9.17, 15) is 4.79 Å². The Bertz CT molecular complexity index is 742. The zero-order valence-corrected chi connectivity index (χ0v) is 12.0. The van der Waals surface area contributed by atoms with Gasteiger partial charge in [0.25, 0.3) is 5.91 Å². The van der Waals surface area contributed by atoms with Gasteiger partial charge in [-0.05, 0) is 36.2 Å². The van der Waals surface area contributed by atoms with Crippen molar-refractivity contribution >= 4 is 23.0 Å². The number of aromatic nitrogens is 1. The highest BCUT2D eigenvalue weighted by Crippen LogP contribution is 2.22. The molecule has 0 fully saturated rings. The van der Waals surface area contributed by atoms with E-state index in [1.54, 1.807) is 7.05 Å². The topological polar surface area (TPSA) is 46.3 Å². The normalized spacial score (nSPS) is 10.8. The molecule has 4 nitrogen and oxygen atoms in total. The Labute approximate surface area is 123 Å². The Kier molecular flexibility index (Phi) is 3.44. The van der Waals surface area contributed by atoms with Crippen LogP contribution in [-0.2, 0) is 6.42 Å². The van der Waals surface area contributed by atoms with Gasteiger partial charge >= 0.3 is 6.01 Å². The summed E-state index contributed by atoms with van der Waals surface area (Å²) in [6.45, 7) is 2.08. The summed E-state index contributed by atoms with van der Waals surface area (Å²) in [5.41, 5.74) is 3.25. The molecule has 0 aliphatic rings. The zero-order valence-electron chi connectivity index (χ0n) is 12.0. The summed E-state index contributed by atoms with van der Waals surface area (Å²) in [4.78, 5) is 18.2. The number of anilines is 1. The Balaban J connectivity index is 1.89. The molecular formula is C17H16N2O2. The largest absolute Gasteiger partial charge is 0.423 e. The highest BCUT2D eigenvalue weighted by Gasteiger charge is 2.18. The number of oxazole rings is 1. The van der Waals surface area contributed by atoms with Crippen molar-refractivity contribution in [2.24, 2.45) is 0 Å². The molecular weight excluding hydrogens is 264 g/mol. The summed E-state index contributed by atoms with van der Waals surface area (Å²) in [5.74, 6) is -0.135. The van der Waals surface area contributed by atoms with Crippen LogP contribution in [-0.4, -0.2) is 17.9 Å². The van der Waals surface area contributed by atoms with Gasteiger partial charge in [-0.3, -0.25) is 9.69 Å². The summed E-state index contributed by atoms with van der Waals surface area (Å²) >= 11 is 0. The molecule has 21 heavy (non-hydrogen) atoms. The highest BCUT2D eigenvalue weighted by molar-refractivity contribution is 6.04. The molecule has 0 radical (unpaired) electrons. The fraction of sp³-hybridized carbons (Fsp3) is 0.176. The van der Waals surface area contributed by atoms with Gasteiger partial charge in [-0.15, -0.1) is 0 Å². The van der Waals surface area contributed by atoms with E-state index >= 15 is 0 Å². The van der Waals surface area contributed by atoms with Crippen molar-refractivity contribution < 1.29 is 9.21 Å². The molecule has 1 heterocycles. The smallest absolute Gasteiger partial charge is 0.305 e. The van der Waals surface area contributed by atoms with Gasteiger partial charge in [0.15, 0.2) is 5.58 Å². The lowest BCUT2D eigenvalue weighted by atomic mass is 10.1. The lowest BCUT2D eigenvalue weighted by molar-refractivity contribution is 0.0988. The number of hydrogen-bond acceptors (Lipinski definition) is 3. The SMILES string of the molecule is CCc1ccc(C(=O)N(C)c2nc3ccccc3o2)cc1. The Morgan fingerprint density at radius 2 is 1.86 bits per heavy atom. The minimum absolute atomic E-state index is 0.135. The summed E-state index contributed by atoms with van der Waals surface area (Å²) < 4.78 is 5.61. The number of carbonyl (C=O) groups excluding carboxylic acids is 1. The Morgan fingerprint density at radius 3 is 2.52 bits per heavy atom. The first-order valence-corrected chi connectivity index (χ1v) is 6.91. The van der Waals surface area contributed by atoms with E-state index < -0.39 is 0 Å². The maximum atomic E-state index is 12.4. The summed E-state index contributed by atoms with van der Waals surface area (Å²) in [6, 6.07) is 15.4. The first kappa shape index (κ1) is 13.4. The van der Waals surface area contributed by atoms with Crippen LogP contribution in [0, 0.1) is 0 Å². The number of rotatable bonds is 3. The van der Waals surface area contributed by atoms with Crippen molar-refractivity contribution in [3.05, 3.63) is 59.7 Å². The average molecular weight is 280 g/mol. The van der Waals surface area contributed by atoms with Crippen molar-refractivity contribution in [1.29, 1.82) is 0 Å². The van der Waals surface area contributed by atoms with E-state index in [0.717, 1.165) is 11.9 Å². The van der Waals surface area contributed by atoms with Gasteiger partial charge in [-0.2, -0.15) is 4.98 Å². The predicted molar refractivity (Wildman–Crippen MR) is 82.6 cm³/mol. The van der Waals surface area contributed by atoms with Gasteiger partial charge in [-0.1, -0.05) is 31.2 Å². The molecule has 3 rings (SSSR count). The molecule has 0 atom stereocenters. The van der Waals surface area contributed by atoms with E-state index in [1.165, 1.54) is 10.5 Å². The fourth-order valence-electron chi connectivity index (χ4n) is 2.17. The third-order valence-corrected chi connectivity index (χ3v) is 3.48. The maximum Gasteiger partial charge on any atom is 0.305 e. The number of aryl methyl sites for hydroxylation is 1. The standard InChI is InChI=1S/C17H16N2O2/c1-3-12-8-10-13(11-9-12)16(20)19(2)17-18-14-6-4-5-7-15(14)21-17/h4-11H,3H2,1-2H3. The zero-order chi connectivity index (χ0) is 14.8. The van der Waals surface area contributed by atoms with Crippen molar-refractivity contribution in [2.75, 3.05) is 11.9 Å². The van der Waals surface area contributed by atoms with Gasteiger partial charge < -0.3 is 4.42 Å². The third kappa shape index (κ3) is 2.52. The van der Waals surface area contributed by atoms with Crippen molar-refractivity contribution in [3.63, 3.8) is 0 Å². The van der Waals surface area contributed by atoms with Gasteiger partial charge in [-0.25, -0.2) is 0 Å². The molecule has 0 saturated carbocycles. The minimum Gasteiger partial charge on any atom is -0.423 e.